The molecule has 0 spiro atoms. The summed E-state index contributed by atoms with van der Waals surface area (Å²) in [6.45, 7) is 2.43. The maximum atomic E-state index is 5.39. The number of hydrogen-bond donors (Lipinski definition) is 2. The Bertz CT molecular complexity index is 718. The van der Waals surface area contributed by atoms with E-state index in [2.05, 4.69) is 20.5 Å². The first-order chi connectivity index (χ1) is 9.26. The van der Waals surface area contributed by atoms with E-state index in [0.29, 0.717) is 18.2 Å². The molecule has 19 heavy (non-hydrogen) atoms. The molecule has 2 heterocycles. The number of benzene rings is 1. The van der Waals surface area contributed by atoms with Gasteiger partial charge in [0, 0.05) is 17.1 Å². The van der Waals surface area contributed by atoms with Gasteiger partial charge in [0.25, 0.3) is 0 Å². The number of hydrazine groups is 1. The van der Waals surface area contributed by atoms with Gasteiger partial charge in [-0.15, -0.1) is 0 Å². The molecule has 0 aliphatic heterocycles. The number of para-hydroxylation sites is 1. The van der Waals surface area contributed by atoms with Gasteiger partial charge in [0.1, 0.15) is 12.4 Å². The quantitative estimate of drug-likeness (QED) is 0.546. The normalized spacial score (nSPS) is 10.8. The standard InChI is InChI=1S/C13H14N6/c1-9-6-12(18-14)17-13(16-9)8-19-11-5-3-2-4-10(11)7-15-19/h2-7H,8,14H2,1H3,(H,16,17,18). The van der Waals surface area contributed by atoms with Crippen LogP contribution in [0.4, 0.5) is 5.82 Å². The molecule has 3 rings (SSSR count). The number of nitrogen functional groups attached to an aromatic ring is 1. The fraction of sp³-hybridized carbons (Fsp3) is 0.154. The second kappa shape index (κ2) is 4.66. The summed E-state index contributed by atoms with van der Waals surface area (Å²) in [6.07, 6.45) is 1.84. The third-order valence-electron chi connectivity index (χ3n) is 2.89. The highest BCUT2D eigenvalue weighted by Crippen LogP contribution is 2.14. The molecule has 2 aromatic heterocycles. The molecular formula is C13H14N6. The van der Waals surface area contributed by atoms with E-state index in [9.17, 15) is 0 Å². The molecule has 0 aliphatic carbocycles. The average Bonchev–Trinajstić information content (AvgIpc) is 2.82. The smallest absolute Gasteiger partial charge is 0.152 e. The zero-order chi connectivity index (χ0) is 13.2. The van der Waals surface area contributed by atoms with Crippen LogP contribution >= 0.6 is 0 Å². The zero-order valence-corrected chi connectivity index (χ0v) is 10.5. The minimum atomic E-state index is 0.518. The highest BCUT2D eigenvalue weighted by Gasteiger charge is 2.06. The van der Waals surface area contributed by atoms with Crippen LogP contribution in [0.25, 0.3) is 10.9 Å². The molecule has 0 aliphatic rings. The van der Waals surface area contributed by atoms with E-state index >= 15 is 0 Å². The Hall–Kier alpha value is -2.47. The highest BCUT2D eigenvalue weighted by molar-refractivity contribution is 5.78. The molecule has 6 nitrogen and oxygen atoms in total. The maximum Gasteiger partial charge on any atom is 0.152 e. The summed E-state index contributed by atoms with van der Waals surface area (Å²) in [7, 11) is 0. The molecule has 3 aromatic rings. The van der Waals surface area contributed by atoms with Gasteiger partial charge in [-0.05, 0) is 13.0 Å². The van der Waals surface area contributed by atoms with Crippen molar-refractivity contribution in [2.45, 2.75) is 13.5 Å². The molecular weight excluding hydrogens is 240 g/mol. The number of aryl methyl sites for hydroxylation is 1. The van der Waals surface area contributed by atoms with Crippen molar-refractivity contribution in [2.75, 3.05) is 5.43 Å². The van der Waals surface area contributed by atoms with Gasteiger partial charge in [0.05, 0.1) is 11.7 Å². The van der Waals surface area contributed by atoms with Crippen LogP contribution in [-0.2, 0) is 6.54 Å². The molecule has 0 bridgehead atoms. The summed E-state index contributed by atoms with van der Waals surface area (Å²) in [5.41, 5.74) is 4.48. The highest BCUT2D eigenvalue weighted by atomic mass is 15.3. The van der Waals surface area contributed by atoms with Crippen LogP contribution in [0.15, 0.2) is 36.5 Å². The number of nitrogens with two attached hydrogens (primary N) is 1. The summed E-state index contributed by atoms with van der Waals surface area (Å²) < 4.78 is 1.88. The summed E-state index contributed by atoms with van der Waals surface area (Å²) in [4.78, 5) is 8.72. The number of hydrogen-bond acceptors (Lipinski definition) is 5. The third kappa shape index (κ3) is 2.25. The monoisotopic (exact) mass is 254 g/mol. The van der Waals surface area contributed by atoms with Crippen LogP contribution in [0.1, 0.15) is 11.5 Å². The number of anilines is 1. The van der Waals surface area contributed by atoms with Gasteiger partial charge in [-0.3, -0.25) is 4.68 Å². The van der Waals surface area contributed by atoms with Crippen molar-refractivity contribution in [2.24, 2.45) is 5.84 Å². The molecule has 0 radical (unpaired) electrons. The van der Waals surface area contributed by atoms with Crippen LogP contribution in [-0.4, -0.2) is 19.7 Å². The molecule has 0 saturated heterocycles. The Balaban J connectivity index is 1.99. The molecule has 0 unspecified atom stereocenters. The van der Waals surface area contributed by atoms with Crippen molar-refractivity contribution in [1.29, 1.82) is 0 Å². The van der Waals surface area contributed by atoms with Crippen LogP contribution in [0, 0.1) is 6.92 Å². The van der Waals surface area contributed by atoms with Gasteiger partial charge in [0.2, 0.25) is 0 Å². The molecule has 3 N–H and O–H groups in total. The van der Waals surface area contributed by atoms with Crippen LogP contribution in [0.3, 0.4) is 0 Å². The first-order valence-electron chi connectivity index (χ1n) is 5.98. The zero-order valence-electron chi connectivity index (χ0n) is 10.5. The predicted molar refractivity (Wildman–Crippen MR) is 73.4 cm³/mol. The molecule has 0 amide bonds. The lowest BCUT2D eigenvalue weighted by molar-refractivity contribution is 0.675. The van der Waals surface area contributed by atoms with E-state index in [-0.39, 0.29) is 0 Å². The molecule has 96 valence electrons. The number of nitrogens with zero attached hydrogens (tertiary/aromatic N) is 4. The lowest BCUT2D eigenvalue weighted by Gasteiger charge is -2.06. The predicted octanol–water partition coefficient (Wildman–Crippen LogP) is 1.47. The lowest BCUT2D eigenvalue weighted by Crippen LogP contribution is -2.13. The van der Waals surface area contributed by atoms with E-state index in [1.807, 2.05) is 42.1 Å². The lowest BCUT2D eigenvalue weighted by atomic mass is 10.2. The Morgan fingerprint density at radius 3 is 2.95 bits per heavy atom. The SMILES string of the molecule is Cc1cc(NN)nc(Cn2ncc3ccccc32)n1. The Kier molecular flexibility index (Phi) is 2.85. The van der Waals surface area contributed by atoms with E-state index in [4.69, 9.17) is 5.84 Å². The molecule has 1 aromatic carbocycles. The number of aromatic nitrogens is 4. The fourth-order valence-corrected chi connectivity index (χ4v) is 2.06. The van der Waals surface area contributed by atoms with E-state index in [0.717, 1.165) is 16.6 Å². The van der Waals surface area contributed by atoms with Crippen molar-refractivity contribution in [3.8, 4) is 0 Å². The topological polar surface area (TPSA) is 81.6 Å². The first-order valence-corrected chi connectivity index (χ1v) is 5.98. The second-order valence-electron chi connectivity index (χ2n) is 4.32. The second-order valence-corrected chi connectivity index (χ2v) is 4.32. The molecule has 6 heteroatoms. The average molecular weight is 254 g/mol. The van der Waals surface area contributed by atoms with Crippen molar-refractivity contribution in [1.82, 2.24) is 19.7 Å². The minimum absolute atomic E-state index is 0.518. The van der Waals surface area contributed by atoms with Crippen molar-refractivity contribution in [3.05, 3.63) is 48.0 Å². The van der Waals surface area contributed by atoms with Gasteiger partial charge in [-0.25, -0.2) is 15.8 Å². The van der Waals surface area contributed by atoms with Crippen LogP contribution in [0.5, 0.6) is 0 Å². The van der Waals surface area contributed by atoms with Gasteiger partial charge in [-0.1, -0.05) is 18.2 Å². The Morgan fingerprint density at radius 1 is 1.26 bits per heavy atom. The largest absolute Gasteiger partial charge is 0.308 e. The first kappa shape index (κ1) is 11.6. The van der Waals surface area contributed by atoms with E-state index in [1.165, 1.54) is 0 Å². The fourth-order valence-electron chi connectivity index (χ4n) is 2.06. The van der Waals surface area contributed by atoms with Crippen LogP contribution in [0.2, 0.25) is 0 Å². The Morgan fingerprint density at radius 2 is 2.11 bits per heavy atom. The number of nitrogens with one attached hydrogen (secondary N) is 1. The molecule has 0 fully saturated rings. The maximum absolute atomic E-state index is 5.39. The molecule has 0 saturated carbocycles. The Labute approximate surface area is 110 Å². The summed E-state index contributed by atoms with van der Waals surface area (Å²) in [5.74, 6) is 6.68. The van der Waals surface area contributed by atoms with Crippen LogP contribution < -0.4 is 11.3 Å². The van der Waals surface area contributed by atoms with Crippen molar-refractivity contribution in [3.63, 3.8) is 0 Å². The summed E-state index contributed by atoms with van der Waals surface area (Å²) in [6, 6.07) is 9.84. The number of rotatable bonds is 3. The number of fused-ring (bicyclic) bond motifs is 1. The summed E-state index contributed by atoms with van der Waals surface area (Å²) >= 11 is 0. The van der Waals surface area contributed by atoms with Crippen molar-refractivity contribution < 1.29 is 0 Å². The van der Waals surface area contributed by atoms with E-state index < -0.39 is 0 Å². The van der Waals surface area contributed by atoms with Crippen molar-refractivity contribution >= 4 is 16.7 Å². The van der Waals surface area contributed by atoms with Gasteiger partial charge < -0.3 is 5.43 Å². The van der Waals surface area contributed by atoms with Gasteiger partial charge in [0.15, 0.2) is 5.82 Å². The van der Waals surface area contributed by atoms with E-state index in [1.54, 1.807) is 6.07 Å². The van der Waals surface area contributed by atoms with Gasteiger partial charge in [-0.2, -0.15) is 5.10 Å². The minimum Gasteiger partial charge on any atom is -0.308 e. The third-order valence-corrected chi connectivity index (χ3v) is 2.89. The molecule has 0 atom stereocenters. The summed E-state index contributed by atoms with van der Waals surface area (Å²) in [5, 5.41) is 5.46. The van der Waals surface area contributed by atoms with Gasteiger partial charge >= 0.3 is 0 Å².